The van der Waals surface area contributed by atoms with E-state index in [2.05, 4.69) is 5.32 Å². The van der Waals surface area contributed by atoms with E-state index >= 15 is 0 Å². The number of aromatic nitrogens is 1. The summed E-state index contributed by atoms with van der Waals surface area (Å²) < 4.78 is 7.19. The first kappa shape index (κ1) is 12.7. The summed E-state index contributed by atoms with van der Waals surface area (Å²) in [6, 6.07) is 0. The van der Waals surface area contributed by atoms with Crippen molar-refractivity contribution in [3.63, 3.8) is 0 Å². The second-order valence-electron chi connectivity index (χ2n) is 5.57. The third kappa shape index (κ3) is 2.00. The molecule has 2 heterocycles. The van der Waals surface area contributed by atoms with Crippen LogP contribution >= 0.6 is 0 Å². The van der Waals surface area contributed by atoms with Crippen LogP contribution < -0.4 is 5.32 Å². The fourth-order valence-corrected chi connectivity index (χ4v) is 2.09. The Morgan fingerprint density at radius 1 is 1.33 bits per heavy atom. The topological polar surface area (TPSA) is 60.3 Å². The summed E-state index contributed by atoms with van der Waals surface area (Å²) in [5.74, 6) is 0.0706. The van der Waals surface area contributed by atoms with Gasteiger partial charge in [0.15, 0.2) is 0 Å². The zero-order valence-electron chi connectivity index (χ0n) is 11.4. The summed E-state index contributed by atoms with van der Waals surface area (Å²) in [4.78, 5) is 23.6. The SMILES string of the molecule is Cc1c(C(=O)OC(C)(C)C)c2n(c1C)CC(=O)N2. The number of hydrogen-bond acceptors (Lipinski definition) is 3. The zero-order chi connectivity index (χ0) is 13.7. The van der Waals surface area contributed by atoms with Crippen LogP contribution in [-0.4, -0.2) is 22.0 Å². The van der Waals surface area contributed by atoms with Gasteiger partial charge in [0.1, 0.15) is 23.5 Å². The van der Waals surface area contributed by atoms with E-state index < -0.39 is 5.60 Å². The monoisotopic (exact) mass is 250 g/mol. The van der Waals surface area contributed by atoms with E-state index in [1.165, 1.54) is 0 Å². The first-order valence-electron chi connectivity index (χ1n) is 5.93. The predicted molar refractivity (Wildman–Crippen MR) is 67.7 cm³/mol. The lowest BCUT2D eigenvalue weighted by Crippen LogP contribution is -2.24. The minimum Gasteiger partial charge on any atom is -0.456 e. The molecule has 1 aliphatic rings. The minimum atomic E-state index is -0.547. The molecule has 0 saturated carbocycles. The summed E-state index contributed by atoms with van der Waals surface area (Å²) >= 11 is 0. The van der Waals surface area contributed by atoms with Crippen LogP contribution in [0.15, 0.2) is 0 Å². The molecule has 5 nitrogen and oxygen atoms in total. The standard InChI is InChI=1S/C13H18N2O3/c1-7-8(2)15-6-9(16)14-11(15)10(7)12(17)18-13(3,4)5/h6H2,1-5H3,(H,14,16). The molecule has 98 valence electrons. The van der Waals surface area contributed by atoms with Gasteiger partial charge in [0.2, 0.25) is 5.91 Å². The molecule has 1 aliphatic heterocycles. The lowest BCUT2D eigenvalue weighted by Gasteiger charge is -2.19. The first-order chi connectivity index (χ1) is 8.20. The zero-order valence-corrected chi connectivity index (χ0v) is 11.4. The molecular weight excluding hydrogens is 232 g/mol. The lowest BCUT2D eigenvalue weighted by atomic mass is 10.1. The van der Waals surface area contributed by atoms with E-state index in [1.807, 2.05) is 39.2 Å². The van der Waals surface area contributed by atoms with Crippen molar-refractivity contribution in [3.8, 4) is 0 Å². The van der Waals surface area contributed by atoms with Gasteiger partial charge in [-0.3, -0.25) is 4.79 Å². The van der Waals surface area contributed by atoms with Crippen molar-refractivity contribution in [2.45, 2.75) is 46.8 Å². The number of amides is 1. The van der Waals surface area contributed by atoms with Crippen LogP contribution in [0, 0.1) is 13.8 Å². The fourth-order valence-electron chi connectivity index (χ4n) is 2.09. The number of rotatable bonds is 1. The number of fused-ring (bicyclic) bond motifs is 1. The Morgan fingerprint density at radius 3 is 2.50 bits per heavy atom. The highest BCUT2D eigenvalue weighted by Gasteiger charge is 2.31. The van der Waals surface area contributed by atoms with Gasteiger partial charge < -0.3 is 14.6 Å². The van der Waals surface area contributed by atoms with Crippen molar-refractivity contribution in [2.24, 2.45) is 0 Å². The summed E-state index contributed by atoms with van der Waals surface area (Å²) in [6.07, 6.45) is 0. The minimum absolute atomic E-state index is 0.0992. The highest BCUT2D eigenvalue weighted by Crippen LogP contribution is 2.31. The molecular formula is C13H18N2O3. The van der Waals surface area contributed by atoms with Gasteiger partial charge in [-0.2, -0.15) is 0 Å². The molecule has 0 aliphatic carbocycles. The van der Waals surface area contributed by atoms with E-state index in [9.17, 15) is 9.59 Å². The predicted octanol–water partition coefficient (Wildman–Crippen LogP) is 2.01. The number of carbonyl (C=O) groups excluding carboxylic acids is 2. The molecule has 0 radical (unpaired) electrons. The second kappa shape index (κ2) is 3.86. The molecule has 18 heavy (non-hydrogen) atoms. The molecule has 0 bridgehead atoms. The largest absolute Gasteiger partial charge is 0.456 e. The molecule has 0 fully saturated rings. The van der Waals surface area contributed by atoms with Crippen molar-refractivity contribution in [1.82, 2.24) is 4.57 Å². The van der Waals surface area contributed by atoms with Crippen LogP contribution in [0.1, 0.15) is 42.4 Å². The smallest absolute Gasteiger partial charge is 0.342 e. The van der Waals surface area contributed by atoms with Crippen molar-refractivity contribution >= 4 is 17.7 Å². The van der Waals surface area contributed by atoms with Gasteiger partial charge in [0, 0.05) is 5.69 Å². The lowest BCUT2D eigenvalue weighted by molar-refractivity contribution is -0.115. The Kier molecular flexibility index (Phi) is 2.72. The van der Waals surface area contributed by atoms with E-state index in [0.29, 0.717) is 11.4 Å². The third-order valence-electron chi connectivity index (χ3n) is 2.99. The molecule has 0 aromatic carbocycles. The number of anilines is 1. The first-order valence-corrected chi connectivity index (χ1v) is 5.93. The number of carbonyl (C=O) groups is 2. The Hall–Kier alpha value is -1.78. The second-order valence-corrected chi connectivity index (χ2v) is 5.57. The molecule has 2 rings (SSSR count). The third-order valence-corrected chi connectivity index (χ3v) is 2.99. The maximum absolute atomic E-state index is 12.2. The Balaban J connectivity index is 2.44. The van der Waals surface area contributed by atoms with Crippen molar-refractivity contribution < 1.29 is 14.3 Å². The van der Waals surface area contributed by atoms with Gasteiger partial charge in [-0.05, 0) is 40.2 Å². The van der Waals surface area contributed by atoms with Gasteiger partial charge in [0.05, 0.1) is 0 Å². The van der Waals surface area contributed by atoms with Gasteiger partial charge in [0.25, 0.3) is 0 Å². The van der Waals surface area contributed by atoms with Crippen molar-refractivity contribution in [1.29, 1.82) is 0 Å². The highest BCUT2D eigenvalue weighted by atomic mass is 16.6. The average molecular weight is 250 g/mol. The van der Waals surface area contributed by atoms with Gasteiger partial charge >= 0.3 is 5.97 Å². The average Bonchev–Trinajstić information content (AvgIpc) is 2.64. The van der Waals surface area contributed by atoms with Crippen LogP contribution in [0.3, 0.4) is 0 Å². The molecule has 0 saturated heterocycles. The fraction of sp³-hybridized carbons (Fsp3) is 0.538. The number of hydrogen-bond donors (Lipinski definition) is 1. The number of nitrogens with zero attached hydrogens (tertiary/aromatic N) is 1. The van der Waals surface area contributed by atoms with E-state index in [4.69, 9.17) is 4.74 Å². The van der Waals surface area contributed by atoms with Crippen LogP contribution in [-0.2, 0) is 16.1 Å². The molecule has 0 unspecified atom stereocenters. The molecule has 1 amide bonds. The number of esters is 1. The van der Waals surface area contributed by atoms with Gasteiger partial charge in [-0.15, -0.1) is 0 Å². The normalized spacial score (nSPS) is 14.4. The Bertz CT molecular complexity index is 535. The summed E-state index contributed by atoms with van der Waals surface area (Å²) in [5, 5.41) is 2.72. The van der Waals surface area contributed by atoms with Crippen LogP contribution in [0.2, 0.25) is 0 Å². The van der Waals surface area contributed by atoms with Gasteiger partial charge in [-0.25, -0.2) is 4.79 Å². The van der Waals surface area contributed by atoms with E-state index in [1.54, 1.807) is 0 Å². The Morgan fingerprint density at radius 2 is 1.94 bits per heavy atom. The van der Waals surface area contributed by atoms with E-state index in [0.717, 1.165) is 11.3 Å². The maximum Gasteiger partial charge on any atom is 0.342 e. The van der Waals surface area contributed by atoms with Gasteiger partial charge in [-0.1, -0.05) is 0 Å². The molecule has 1 aromatic heterocycles. The summed E-state index contributed by atoms with van der Waals surface area (Å²) in [7, 11) is 0. The van der Waals surface area contributed by atoms with Crippen LogP contribution in [0.4, 0.5) is 5.82 Å². The van der Waals surface area contributed by atoms with Crippen molar-refractivity contribution in [2.75, 3.05) is 5.32 Å². The molecule has 1 N–H and O–H groups in total. The summed E-state index contributed by atoms with van der Waals surface area (Å²) in [6.45, 7) is 9.50. The maximum atomic E-state index is 12.2. The Labute approximate surface area is 106 Å². The van der Waals surface area contributed by atoms with Crippen molar-refractivity contribution in [3.05, 3.63) is 16.8 Å². The quantitative estimate of drug-likeness (QED) is 0.776. The van der Waals surface area contributed by atoms with E-state index in [-0.39, 0.29) is 18.4 Å². The molecule has 1 aromatic rings. The van der Waals surface area contributed by atoms with Crippen LogP contribution in [0.25, 0.3) is 0 Å². The van der Waals surface area contributed by atoms with Crippen LogP contribution in [0.5, 0.6) is 0 Å². The summed E-state index contributed by atoms with van der Waals surface area (Å²) in [5.41, 5.74) is 1.70. The number of ether oxygens (including phenoxy) is 1. The molecule has 5 heteroatoms. The highest BCUT2D eigenvalue weighted by molar-refractivity contribution is 6.05. The molecule has 0 spiro atoms. The molecule has 0 atom stereocenters. The number of nitrogens with one attached hydrogen (secondary N) is 1.